The fourth-order valence-corrected chi connectivity index (χ4v) is 3.08. The van der Waals surface area contributed by atoms with Crippen LogP contribution in [-0.2, 0) is 16.1 Å². The van der Waals surface area contributed by atoms with Crippen molar-refractivity contribution in [3.63, 3.8) is 0 Å². The molecule has 0 bridgehead atoms. The Bertz CT molecular complexity index is 833. The van der Waals surface area contributed by atoms with Crippen LogP contribution in [-0.4, -0.2) is 21.9 Å². The zero-order valence-corrected chi connectivity index (χ0v) is 14.7. The van der Waals surface area contributed by atoms with Crippen molar-refractivity contribution >= 4 is 17.7 Å². The number of benzene rings is 2. The first-order valence-electron chi connectivity index (χ1n) is 7.94. The zero-order valence-electron chi connectivity index (χ0n) is 13.8. The second-order valence-electron chi connectivity index (χ2n) is 5.40. The van der Waals surface area contributed by atoms with Crippen molar-refractivity contribution in [2.75, 3.05) is 5.75 Å². The molecule has 0 aliphatic rings. The summed E-state index contributed by atoms with van der Waals surface area (Å²) in [4.78, 5) is 17.2. The summed E-state index contributed by atoms with van der Waals surface area (Å²) < 4.78 is 10.4. The molecule has 0 fully saturated rings. The van der Waals surface area contributed by atoms with Crippen LogP contribution in [0.4, 0.5) is 0 Å². The first-order chi connectivity index (χ1) is 12.2. The lowest BCUT2D eigenvalue weighted by atomic mass is 10.1. The number of esters is 1. The molecular formula is C19H18N2O3S. The van der Waals surface area contributed by atoms with E-state index in [1.165, 1.54) is 0 Å². The van der Waals surface area contributed by atoms with Crippen LogP contribution in [0.3, 0.4) is 0 Å². The minimum Gasteiger partial charge on any atom is -0.456 e. The second-order valence-corrected chi connectivity index (χ2v) is 6.57. The maximum atomic E-state index is 11.8. The van der Waals surface area contributed by atoms with Gasteiger partial charge in [-0.15, -0.1) is 11.8 Å². The normalized spacial score (nSPS) is 10.6. The Balaban J connectivity index is 1.46. The number of aryl methyl sites for hydroxylation is 1. The molecule has 6 heteroatoms. The fourth-order valence-electron chi connectivity index (χ4n) is 2.23. The predicted octanol–water partition coefficient (Wildman–Crippen LogP) is 4.27. The molecule has 2 aromatic carbocycles. The van der Waals surface area contributed by atoms with Crippen LogP contribution in [0.2, 0.25) is 0 Å². The Morgan fingerprint density at radius 3 is 2.68 bits per heavy atom. The van der Waals surface area contributed by atoms with E-state index in [1.54, 1.807) is 11.8 Å². The SMILES string of the molecule is Cc1ccccc1-c1noc(COC(=O)CCSc2ccccc2)n1. The molecule has 0 amide bonds. The molecule has 1 heterocycles. The van der Waals surface area contributed by atoms with Crippen LogP contribution in [0.5, 0.6) is 0 Å². The summed E-state index contributed by atoms with van der Waals surface area (Å²) in [5, 5.41) is 3.95. The third-order valence-electron chi connectivity index (χ3n) is 3.53. The number of carbonyl (C=O) groups is 1. The van der Waals surface area contributed by atoms with E-state index in [0.717, 1.165) is 16.0 Å². The van der Waals surface area contributed by atoms with Crippen LogP contribution in [0.1, 0.15) is 17.9 Å². The summed E-state index contributed by atoms with van der Waals surface area (Å²) in [6.45, 7) is 1.98. The van der Waals surface area contributed by atoms with Crippen molar-refractivity contribution < 1.29 is 14.1 Å². The van der Waals surface area contributed by atoms with Crippen LogP contribution < -0.4 is 0 Å². The molecule has 5 nitrogen and oxygen atoms in total. The van der Waals surface area contributed by atoms with Gasteiger partial charge in [-0.2, -0.15) is 4.98 Å². The van der Waals surface area contributed by atoms with Crippen molar-refractivity contribution in [2.45, 2.75) is 24.8 Å². The summed E-state index contributed by atoms with van der Waals surface area (Å²) in [5.41, 5.74) is 1.97. The molecule has 3 rings (SSSR count). The number of ether oxygens (including phenoxy) is 1. The van der Waals surface area contributed by atoms with Crippen LogP contribution in [0, 0.1) is 6.92 Å². The minimum absolute atomic E-state index is 0.00623. The van der Waals surface area contributed by atoms with E-state index in [9.17, 15) is 4.79 Å². The number of nitrogens with zero attached hydrogens (tertiary/aromatic N) is 2. The van der Waals surface area contributed by atoms with E-state index in [-0.39, 0.29) is 12.6 Å². The van der Waals surface area contributed by atoms with Crippen molar-refractivity contribution in [1.29, 1.82) is 0 Å². The van der Waals surface area contributed by atoms with Crippen molar-refractivity contribution in [3.8, 4) is 11.4 Å². The molecule has 0 unspecified atom stereocenters. The van der Waals surface area contributed by atoms with Crippen LogP contribution in [0.25, 0.3) is 11.4 Å². The maximum absolute atomic E-state index is 11.8. The van der Waals surface area contributed by atoms with Crippen LogP contribution >= 0.6 is 11.8 Å². The third kappa shape index (κ3) is 4.93. The Morgan fingerprint density at radius 1 is 1.12 bits per heavy atom. The van der Waals surface area contributed by atoms with E-state index in [0.29, 0.717) is 23.9 Å². The van der Waals surface area contributed by atoms with E-state index in [4.69, 9.17) is 9.26 Å². The monoisotopic (exact) mass is 354 g/mol. The molecule has 0 spiro atoms. The number of hydrogen-bond donors (Lipinski definition) is 0. The highest BCUT2D eigenvalue weighted by atomic mass is 32.2. The Labute approximate surface area is 150 Å². The average Bonchev–Trinajstić information content (AvgIpc) is 3.10. The maximum Gasteiger partial charge on any atom is 0.307 e. The van der Waals surface area contributed by atoms with Gasteiger partial charge in [0.05, 0.1) is 6.42 Å². The van der Waals surface area contributed by atoms with E-state index < -0.39 is 0 Å². The second kappa shape index (κ2) is 8.48. The van der Waals surface area contributed by atoms with Gasteiger partial charge in [0.1, 0.15) is 0 Å². The van der Waals surface area contributed by atoms with Gasteiger partial charge in [-0.1, -0.05) is 47.6 Å². The molecule has 0 aliphatic carbocycles. The van der Waals surface area contributed by atoms with Gasteiger partial charge < -0.3 is 9.26 Å². The Morgan fingerprint density at radius 2 is 1.88 bits per heavy atom. The minimum atomic E-state index is -0.279. The largest absolute Gasteiger partial charge is 0.456 e. The van der Waals surface area contributed by atoms with Crippen molar-refractivity contribution in [3.05, 3.63) is 66.1 Å². The molecule has 25 heavy (non-hydrogen) atoms. The first kappa shape index (κ1) is 17.2. The highest BCUT2D eigenvalue weighted by Crippen LogP contribution is 2.20. The average molecular weight is 354 g/mol. The highest BCUT2D eigenvalue weighted by molar-refractivity contribution is 7.99. The molecule has 0 N–H and O–H groups in total. The van der Waals surface area contributed by atoms with Crippen molar-refractivity contribution in [1.82, 2.24) is 10.1 Å². The number of thioether (sulfide) groups is 1. The van der Waals surface area contributed by atoms with Gasteiger partial charge >= 0.3 is 5.97 Å². The highest BCUT2D eigenvalue weighted by Gasteiger charge is 2.12. The molecule has 0 saturated carbocycles. The van der Waals surface area contributed by atoms with Gasteiger partial charge in [0, 0.05) is 16.2 Å². The first-order valence-corrected chi connectivity index (χ1v) is 8.93. The molecule has 0 saturated heterocycles. The number of aromatic nitrogens is 2. The van der Waals surface area contributed by atoms with Crippen molar-refractivity contribution in [2.24, 2.45) is 0 Å². The van der Waals surface area contributed by atoms with Crippen LogP contribution in [0.15, 0.2) is 64.0 Å². The predicted molar refractivity (Wildman–Crippen MR) is 96.1 cm³/mol. The molecular weight excluding hydrogens is 336 g/mol. The standard InChI is InChI=1S/C19H18N2O3S/c1-14-7-5-6-10-16(14)19-20-17(24-21-19)13-23-18(22)11-12-25-15-8-3-2-4-9-15/h2-10H,11-13H2,1H3. The summed E-state index contributed by atoms with van der Waals surface area (Å²) in [6.07, 6.45) is 0.332. The zero-order chi connectivity index (χ0) is 17.5. The lowest BCUT2D eigenvalue weighted by Gasteiger charge is -2.02. The summed E-state index contributed by atoms with van der Waals surface area (Å²) in [5.74, 6) is 1.19. The lowest BCUT2D eigenvalue weighted by Crippen LogP contribution is -2.05. The van der Waals surface area contributed by atoms with Gasteiger partial charge in [0.15, 0.2) is 6.61 Å². The molecule has 0 aliphatic heterocycles. The van der Waals surface area contributed by atoms with E-state index in [2.05, 4.69) is 10.1 Å². The molecule has 128 valence electrons. The van der Waals surface area contributed by atoms with Gasteiger partial charge in [0.2, 0.25) is 5.82 Å². The molecule has 0 atom stereocenters. The number of hydrogen-bond acceptors (Lipinski definition) is 6. The summed E-state index contributed by atoms with van der Waals surface area (Å²) >= 11 is 1.62. The van der Waals surface area contributed by atoms with E-state index >= 15 is 0 Å². The van der Waals surface area contributed by atoms with Gasteiger partial charge in [0.25, 0.3) is 5.89 Å². The Kier molecular flexibility index (Phi) is 5.85. The number of carbonyl (C=O) groups excluding carboxylic acids is 1. The number of rotatable bonds is 7. The van der Waals surface area contributed by atoms with E-state index in [1.807, 2.05) is 61.5 Å². The topological polar surface area (TPSA) is 65.2 Å². The summed E-state index contributed by atoms with van der Waals surface area (Å²) in [7, 11) is 0. The fraction of sp³-hybridized carbons (Fsp3) is 0.211. The molecule has 0 radical (unpaired) electrons. The Hall–Kier alpha value is -2.60. The van der Waals surface area contributed by atoms with Gasteiger partial charge in [-0.3, -0.25) is 4.79 Å². The molecule has 3 aromatic rings. The smallest absolute Gasteiger partial charge is 0.307 e. The third-order valence-corrected chi connectivity index (χ3v) is 4.54. The van der Waals surface area contributed by atoms with Gasteiger partial charge in [-0.05, 0) is 24.6 Å². The lowest BCUT2D eigenvalue weighted by molar-refractivity contribution is -0.145. The molecule has 1 aromatic heterocycles. The summed E-state index contributed by atoms with van der Waals surface area (Å²) in [6, 6.07) is 17.7. The quantitative estimate of drug-likeness (QED) is 0.466. The van der Waals surface area contributed by atoms with Gasteiger partial charge in [-0.25, -0.2) is 0 Å².